The number of hydrogen-bond donors (Lipinski definition) is 3. The van der Waals surface area contributed by atoms with Crippen LogP contribution in [0.5, 0.6) is 0 Å². The molecule has 28 heavy (non-hydrogen) atoms. The van der Waals surface area contributed by atoms with E-state index in [4.69, 9.17) is 33.9 Å². The molecule has 144 valence electrons. The molecule has 0 atom stereocenters. The first-order chi connectivity index (χ1) is 13.7. The molecule has 0 radical (unpaired) electrons. The highest BCUT2D eigenvalue weighted by Gasteiger charge is 2.13. The largest absolute Gasteiger partial charge is 0.426 e. The first-order valence-corrected chi connectivity index (χ1v) is 9.04. The van der Waals surface area contributed by atoms with E-state index < -0.39 is 0 Å². The number of hydrazone groups is 1. The van der Waals surface area contributed by atoms with Crippen molar-refractivity contribution in [3.63, 3.8) is 0 Å². The van der Waals surface area contributed by atoms with Gasteiger partial charge in [-0.3, -0.25) is 26.2 Å². The van der Waals surface area contributed by atoms with E-state index in [-0.39, 0.29) is 18.8 Å². The summed E-state index contributed by atoms with van der Waals surface area (Å²) < 4.78 is 10.5. The van der Waals surface area contributed by atoms with Crippen LogP contribution in [0.15, 0.2) is 59.1 Å². The summed E-state index contributed by atoms with van der Waals surface area (Å²) in [6.45, 7) is -0.0429. The zero-order valence-corrected chi connectivity index (χ0v) is 16.3. The van der Waals surface area contributed by atoms with Gasteiger partial charge in [0, 0.05) is 37.6 Å². The molecule has 2 aromatic rings. The minimum Gasteiger partial charge on any atom is -0.426 e. The third-order valence-corrected chi connectivity index (χ3v) is 3.82. The molecular formula is C17H17N7O2S2. The minimum absolute atomic E-state index is 0.0429. The Morgan fingerprint density at radius 1 is 1.00 bits per heavy atom. The zero-order valence-electron chi connectivity index (χ0n) is 14.7. The lowest BCUT2D eigenvalue weighted by atomic mass is 10.2. The lowest BCUT2D eigenvalue weighted by Crippen LogP contribution is -2.44. The molecule has 0 saturated carbocycles. The molecule has 3 heterocycles. The molecule has 3 N–H and O–H groups in total. The molecule has 3 rings (SSSR count). The van der Waals surface area contributed by atoms with Crippen LogP contribution in [0, 0.1) is 0 Å². The maximum atomic E-state index is 5.27. The molecule has 0 spiro atoms. The van der Waals surface area contributed by atoms with Crippen LogP contribution in [0.25, 0.3) is 0 Å². The fraction of sp³-hybridized carbons (Fsp3) is 0.176. The van der Waals surface area contributed by atoms with E-state index in [1.54, 1.807) is 24.8 Å². The molecule has 0 saturated heterocycles. The number of pyridine rings is 2. The molecule has 2 aromatic heterocycles. The lowest BCUT2D eigenvalue weighted by molar-refractivity contribution is 0.0786. The number of hydrazine groups is 1. The van der Waals surface area contributed by atoms with Gasteiger partial charge in [0.25, 0.3) is 0 Å². The maximum Gasteiger partial charge on any atom is 0.341 e. The molecule has 0 fully saturated rings. The van der Waals surface area contributed by atoms with Gasteiger partial charge in [0.2, 0.25) is 6.79 Å². The highest BCUT2D eigenvalue weighted by molar-refractivity contribution is 7.80. The summed E-state index contributed by atoms with van der Waals surface area (Å²) >= 11 is 10.5. The van der Waals surface area contributed by atoms with Gasteiger partial charge < -0.3 is 9.47 Å². The van der Waals surface area contributed by atoms with E-state index in [0.717, 1.165) is 11.1 Å². The smallest absolute Gasteiger partial charge is 0.341 e. The molecular weight excluding hydrogens is 398 g/mol. The predicted octanol–water partition coefficient (Wildman–Crippen LogP) is 1.23. The van der Waals surface area contributed by atoms with Crippen molar-refractivity contribution in [3.8, 4) is 0 Å². The number of aromatic nitrogens is 2. The van der Waals surface area contributed by atoms with Crippen molar-refractivity contribution in [1.29, 1.82) is 0 Å². The van der Waals surface area contributed by atoms with E-state index in [2.05, 4.69) is 36.3 Å². The Labute approximate surface area is 172 Å². The van der Waals surface area contributed by atoms with E-state index in [1.807, 2.05) is 24.3 Å². The summed E-state index contributed by atoms with van der Waals surface area (Å²) in [5.41, 5.74) is 10.3. The van der Waals surface area contributed by atoms with Crippen LogP contribution >= 0.6 is 24.4 Å². The van der Waals surface area contributed by atoms with Gasteiger partial charge in [-0.05, 0) is 23.3 Å². The summed E-state index contributed by atoms with van der Waals surface area (Å²) in [5, 5.41) is 4.03. The van der Waals surface area contributed by atoms with E-state index in [9.17, 15) is 0 Å². The van der Waals surface area contributed by atoms with Gasteiger partial charge in [-0.15, -0.1) is 10.1 Å². The van der Waals surface area contributed by atoms with Gasteiger partial charge >= 0.3 is 12.0 Å². The van der Waals surface area contributed by atoms with Gasteiger partial charge in [-0.2, -0.15) is 0 Å². The highest BCUT2D eigenvalue weighted by Crippen LogP contribution is 2.00. The normalized spacial score (nSPS) is 14.3. The van der Waals surface area contributed by atoms with Crippen molar-refractivity contribution >= 4 is 46.5 Å². The Bertz CT molecular complexity index is 876. The van der Waals surface area contributed by atoms with Crippen LogP contribution in [0.3, 0.4) is 0 Å². The average Bonchev–Trinajstić information content (AvgIpc) is 2.73. The zero-order chi connectivity index (χ0) is 19.6. The fourth-order valence-electron chi connectivity index (χ4n) is 2.10. The topological polar surface area (TPSA) is 105 Å². The Morgan fingerprint density at radius 3 is 2.32 bits per heavy atom. The molecule has 0 amide bonds. The molecule has 0 aromatic carbocycles. The van der Waals surface area contributed by atoms with Gasteiger partial charge in [-0.25, -0.2) is 0 Å². The van der Waals surface area contributed by atoms with Gasteiger partial charge in [0.05, 0.1) is 4.99 Å². The van der Waals surface area contributed by atoms with Crippen molar-refractivity contribution in [3.05, 3.63) is 60.2 Å². The molecule has 1 aliphatic rings. The number of nitrogens with one attached hydrogen (secondary N) is 3. The number of nitrogens with zero attached hydrogens (tertiary/aromatic N) is 4. The molecule has 11 heteroatoms. The average molecular weight is 416 g/mol. The number of aliphatic imine (C=N–C) groups is 1. The van der Waals surface area contributed by atoms with Crippen molar-refractivity contribution in [1.82, 2.24) is 26.2 Å². The second kappa shape index (κ2) is 10.2. The molecule has 0 bridgehead atoms. The number of hydrogen-bond acceptors (Lipinski definition) is 8. The number of thiocarbonyl (C=S) groups is 2. The third-order valence-electron chi connectivity index (χ3n) is 3.34. The minimum atomic E-state index is -0.0429. The Balaban J connectivity index is 1.47. The van der Waals surface area contributed by atoms with Crippen LogP contribution in [0.2, 0.25) is 0 Å². The highest BCUT2D eigenvalue weighted by atomic mass is 32.1. The van der Waals surface area contributed by atoms with Crippen LogP contribution < -0.4 is 16.3 Å². The summed E-state index contributed by atoms with van der Waals surface area (Å²) in [6.07, 6.45) is 7.95. The number of rotatable bonds is 5. The Morgan fingerprint density at radius 2 is 1.68 bits per heavy atom. The number of amidine groups is 2. The summed E-state index contributed by atoms with van der Waals surface area (Å²) in [6, 6.07) is 7.83. The standard InChI is InChI=1S/C17H17N7O2S2/c27-14(7-12-3-1-5-18-9-12)21-23-16-20-17(26-11-25-16)24-22-15(28)8-13-4-2-6-19-10-13/h1-6,9-10H,7-8,11H2,(H,21,27)(H,22,28)(H,20,23,24). The van der Waals surface area contributed by atoms with E-state index >= 15 is 0 Å². The summed E-state index contributed by atoms with van der Waals surface area (Å²) in [4.78, 5) is 13.2. The van der Waals surface area contributed by atoms with Gasteiger partial charge in [0.15, 0.2) is 0 Å². The second-order valence-corrected chi connectivity index (χ2v) is 6.49. The van der Waals surface area contributed by atoms with E-state index in [1.165, 1.54) is 0 Å². The van der Waals surface area contributed by atoms with Gasteiger partial charge in [-0.1, -0.05) is 36.6 Å². The summed E-state index contributed by atoms with van der Waals surface area (Å²) in [5.74, 6) is 0. The monoisotopic (exact) mass is 415 g/mol. The first-order valence-electron chi connectivity index (χ1n) is 8.22. The van der Waals surface area contributed by atoms with Crippen molar-refractivity contribution in [2.75, 3.05) is 6.79 Å². The SMILES string of the molecule is S=C(Cc1cccnc1)N/N=C1\N=C(NNC(=S)Cc2cccnc2)OCO1. The van der Waals surface area contributed by atoms with Crippen molar-refractivity contribution < 1.29 is 9.47 Å². The Kier molecular flexibility index (Phi) is 7.15. The second-order valence-electron chi connectivity index (χ2n) is 5.50. The molecule has 0 unspecified atom stereocenters. The summed E-state index contributed by atoms with van der Waals surface area (Å²) in [7, 11) is 0. The Hall–Kier alpha value is -3.18. The van der Waals surface area contributed by atoms with Crippen LogP contribution in [-0.4, -0.2) is 38.8 Å². The first kappa shape index (κ1) is 19.6. The van der Waals surface area contributed by atoms with Crippen molar-refractivity contribution in [2.24, 2.45) is 10.1 Å². The lowest BCUT2D eigenvalue weighted by Gasteiger charge is -2.17. The number of ether oxygens (including phenoxy) is 2. The van der Waals surface area contributed by atoms with Crippen LogP contribution in [-0.2, 0) is 22.3 Å². The van der Waals surface area contributed by atoms with Crippen LogP contribution in [0.1, 0.15) is 11.1 Å². The van der Waals surface area contributed by atoms with E-state index in [0.29, 0.717) is 22.8 Å². The van der Waals surface area contributed by atoms with Crippen LogP contribution in [0.4, 0.5) is 0 Å². The molecule has 1 aliphatic heterocycles. The third kappa shape index (κ3) is 6.52. The van der Waals surface area contributed by atoms with Gasteiger partial charge in [0.1, 0.15) is 4.99 Å². The van der Waals surface area contributed by atoms with Crippen molar-refractivity contribution in [2.45, 2.75) is 12.8 Å². The quantitative estimate of drug-likeness (QED) is 0.491. The molecule has 9 nitrogen and oxygen atoms in total. The molecule has 0 aliphatic carbocycles. The fourth-order valence-corrected chi connectivity index (χ4v) is 2.53. The predicted molar refractivity (Wildman–Crippen MR) is 112 cm³/mol. The maximum absolute atomic E-state index is 5.27.